The molecule has 0 bridgehead atoms. The Labute approximate surface area is 112 Å². The maximum atomic E-state index is 5.42. The molecule has 0 aliphatic rings. The van der Waals surface area contributed by atoms with E-state index in [-0.39, 0.29) is 0 Å². The Hall–Kier alpha value is 1.70. The number of hydrogen-bond donors (Lipinski definition) is 1. The van der Waals surface area contributed by atoms with Crippen LogP contribution in [-0.4, -0.2) is 36.2 Å². The summed E-state index contributed by atoms with van der Waals surface area (Å²) < 4.78 is 5.17. The Morgan fingerprint density at radius 1 is 1.29 bits per heavy atom. The number of nitrogens with two attached hydrogens (primary N) is 1. The van der Waals surface area contributed by atoms with Gasteiger partial charge in [0.2, 0.25) is 0 Å². The number of rotatable bonds is 10. The Balaban J connectivity index is 3.06. The molecule has 0 aromatic rings. The molecule has 0 aliphatic heterocycles. The van der Waals surface area contributed by atoms with E-state index in [1.165, 1.54) is 20.7 Å². The molecule has 1 atom stereocenters. The van der Waals surface area contributed by atoms with Crippen molar-refractivity contribution in [3.63, 3.8) is 0 Å². The van der Waals surface area contributed by atoms with Crippen molar-refractivity contribution in [3.05, 3.63) is 0 Å². The lowest BCUT2D eigenvalue weighted by Gasteiger charge is -2.09. The van der Waals surface area contributed by atoms with Gasteiger partial charge in [-0.05, 0) is 17.4 Å². The molecule has 0 aromatic carbocycles. The Bertz CT molecular complexity index is 121. The summed E-state index contributed by atoms with van der Waals surface area (Å²) in [5.41, 5.74) is 5.42. The second kappa shape index (κ2) is 12.8. The minimum Gasteiger partial charge on any atom is -0.330 e. The SMILES string of the molecule is CC(CSCCN)CSCCOSI. The molecule has 2 nitrogen and oxygen atoms in total. The Morgan fingerprint density at radius 2 is 1.93 bits per heavy atom. The number of halogens is 1. The van der Waals surface area contributed by atoms with Crippen molar-refractivity contribution in [1.29, 1.82) is 0 Å². The first kappa shape index (κ1) is 15.7. The highest BCUT2D eigenvalue weighted by Crippen LogP contribution is 2.16. The quantitative estimate of drug-likeness (QED) is 0.365. The van der Waals surface area contributed by atoms with Gasteiger partial charge >= 0.3 is 0 Å². The van der Waals surface area contributed by atoms with Gasteiger partial charge in [0.25, 0.3) is 0 Å². The van der Waals surface area contributed by atoms with Gasteiger partial charge in [0.15, 0.2) is 0 Å². The summed E-state index contributed by atoms with van der Waals surface area (Å²) in [5, 5.41) is 0. The van der Waals surface area contributed by atoms with Crippen molar-refractivity contribution in [1.82, 2.24) is 0 Å². The van der Waals surface area contributed by atoms with E-state index in [0.29, 0.717) is 0 Å². The normalized spacial score (nSPS) is 13.1. The molecule has 0 amide bonds. The molecule has 0 spiro atoms. The van der Waals surface area contributed by atoms with Crippen LogP contribution in [0.25, 0.3) is 0 Å². The highest BCUT2D eigenvalue weighted by Gasteiger charge is 2.01. The molecular weight excluding hydrogens is 349 g/mol. The summed E-state index contributed by atoms with van der Waals surface area (Å²) in [6.45, 7) is 3.94. The molecule has 0 aromatic heterocycles. The van der Waals surface area contributed by atoms with E-state index in [9.17, 15) is 0 Å². The van der Waals surface area contributed by atoms with Gasteiger partial charge in [-0.1, -0.05) is 6.92 Å². The second-order valence-corrected chi connectivity index (χ2v) is 6.67. The maximum Gasteiger partial charge on any atom is 0.0713 e. The van der Waals surface area contributed by atoms with Crippen molar-refractivity contribution in [2.45, 2.75) is 6.92 Å². The van der Waals surface area contributed by atoms with E-state index in [1.807, 2.05) is 23.5 Å². The maximum absolute atomic E-state index is 5.42. The van der Waals surface area contributed by atoms with Gasteiger partial charge in [0.1, 0.15) is 0 Å². The van der Waals surface area contributed by atoms with Crippen LogP contribution >= 0.6 is 53.9 Å². The Morgan fingerprint density at radius 3 is 2.50 bits per heavy atom. The van der Waals surface area contributed by atoms with Gasteiger partial charge in [0.05, 0.1) is 15.8 Å². The molecule has 6 heteroatoms. The van der Waals surface area contributed by atoms with Crippen LogP contribution in [0.4, 0.5) is 0 Å². The van der Waals surface area contributed by atoms with Crippen molar-refractivity contribution < 1.29 is 4.18 Å². The molecule has 2 N–H and O–H groups in total. The summed E-state index contributed by atoms with van der Waals surface area (Å²) in [6.07, 6.45) is 0. The fourth-order valence-electron chi connectivity index (χ4n) is 0.825. The molecule has 1 unspecified atom stereocenters. The summed E-state index contributed by atoms with van der Waals surface area (Å²) >= 11 is 6.07. The highest BCUT2D eigenvalue weighted by atomic mass is 127. The van der Waals surface area contributed by atoms with Gasteiger partial charge < -0.3 is 9.92 Å². The second-order valence-electron chi connectivity index (χ2n) is 2.93. The van der Waals surface area contributed by atoms with Crippen LogP contribution in [0.5, 0.6) is 0 Å². The molecule has 0 saturated carbocycles. The average molecular weight is 367 g/mol. The van der Waals surface area contributed by atoms with Gasteiger partial charge in [-0.15, -0.1) is 0 Å². The topological polar surface area (TPSA) is 35.2 Å². The van der Waals surface area contributed by atoms with Crippen LogP contribution in [0.2, 0.25) is 0 Å². The van der Waals surface area contributed by atoms with Crippen molar-refractivity contribution in [2.75, 3.05) is 36.2 Å². The molecule has 0 aliphatic carbocycles. The standard InChI is InChI=1S/C8H18INOS3/c1-8(6-12-4-2-10)7-13-5-3-11-14-9/h8H,2-7,10H2,1H3. The zero-order valence-electron chi connectivity index (χ0n) is 8.41. The molecular formula is C8H18INOS3. The third-order valence-electron chi connectivity index (χ3n) is 1.42. The molecule has 0 heterocycles. The van der Waals surface area contributed by atoms with Gasteiger partial charge in [0, 0.05) is 39.3 Å². The predicted octanol–water partition coefficient (Wildman–Crippen LogP) is 3.06. The molecule has 0 saturated heterocycles. The monoisotopic (exact) mass is 367 g/mol. The first-order valence-corrected chi connectivity index (χ1v) is 10.2. The van der Waals surface area contributed by atoms with Gasteiger partial charge in [-0.3, -0.25) is 0 Å². The van der Waals surface area contributed by atoms with Crippen molar-refractivity contribution >= 4 is 53.9 Å². The summed E-state index contributed by atoms with van der Waals surface area (Å²) in [7, 11) is 1.42. The smallest absolute Gasteiger partial charge is 0.0713 e. The van der Waals surface area contributed by atoms with Gasteiger partial charge in [-0.25, -0.2) is 0 Å². The first-order valence-electron chi connectivity index (χ1n) is 4.57. The third kappa shape index (κ3) is 11.8. The lowest BCUT2D eigenvalue weighted by molar-refractivity contribution is 0.413. The van der Waals surface area contributed by atoms with Crippen LogP contribution in [0.1, 0.15) is 6.92 Å². The zero-order valence-corrected chi connectivity index (χ0v) is 13.0. The van der Waals surface area contributed by atoms with E-state index in [2.05, 4.69) is 28.1 Å². The van der Waals surface area contributed by atoms with Crippen LogP contribution in [0, 0.1) is 5.92 Å². The van der Waals surface area contributed by atoms with Crippen LogP contribution < -0.4 is 5.73 Å². The average Bonchev–Trinajstić information content (AvgIpc) is 2.18. The minimum atomic E-state index is 0.781. The molecule has 0 rings (SSSR count). The van der Waals surface area contributed by atoms with E-state index in [4.69, 9.17) is 9.92 Å². The number of thioether (sulfide) groups is 2. The van der Waals surface area contributed by atoms with Crippen LogP contribution in [0.15, 0.2) is 0 Å². The zero-order chi connectivity index (χ0) is 10.6. The first-order chi connectivity index (χ1) is 6.81. The lowest BCUT2D eigenvalue weighted by Crippen LogP contribution is -2.07. The number of hydrogen-bond acceptors (Lipinski definition) is 5. The minimum absolute atomic E-state index is 0.781. The van der Waals surface area contributed by atoms with E-state index in [0.717, 1.165) is 30.6 Å². The fraction of sp³-hybridized carbons (Fsp3) is 1.00. The summed E-state index contributed by atoms with van der Waals surface area (Å²) in [6, 6.07) is 0. The third-order valence-corrected chi connectivity index (χ3v) is 5.03. The Kier molecular flexibility index (Phi) is 14.3. The van der Waals surface area contributed by atoms with Crippen LogP contribution in [-0.2, 0) is 4.18 Å². The predicted molar refractivity (Wildman–Crippen MR) is 80.4 cm³/mol. The largest absolute Gasteiger partial charge is 0.330 e. The molecule has 86 valence electrons. The van der Waals surface area contributed by atoms with Crippen LogP contribution in [0.3, 0.4) is 0 Å². The molecule has 0 radical (unpaired) electrons. The summed E-state index contributed by atoms with van der Waals surface area (Å²) in [4.78, 5) is 0. The fourth-order valence-corrected chi connectivity index (χ4v) is 3.51. The van der Waals surface area contributed by atoms with Gasteiger partial charge in [-0.2, -0.15) is 23.5 Å². The van der Waals surface area contributed by atoms with E-state index < -0.39 is 0 Å². The van der Waals surface area contributed by atoms with Crippen molar-refractivity contribution in [2.24, 2.45) is 11.7 Å². The summed E-state index contributed by atoms with van der Waals surface area (Å²) in [5.74, 6) is 5.42. The molecule has 0 fully saturated rings. The molecule has 14 heavy (non-hydrogen) atoms. The lowest BCUT2D eigenvalue weighted by atomic mass is 10.3. The highest BCUT2D eigenvalue weighted by molar-refractivity contribution is 14.2. The van der Waals surface area contributed by atoms with E-state index >= 15 is 0 Å². The van der Waals surface area contributed by atoms with Crippen molar-refractivity contribution in [3.8, 4) is 0 Å². The van der Waals surface area contributed by atoms with E-state index in [1.54, 1.807) is 0 Å².